The molecule has 28 valence electrons. The van der Waals surface area contributed by atoms with Crippen LogP contribution in [0.25, 0.3) is 0 Å². The van der Waals surface area contributed by atoms with E-state index in [4.69, 9.17) is 12.2 Å². The fourth-order valence-corrected chi connectivity index (χ4v) is 0.431. The maximum atomic E-state index is 4.72. The summed E-state index contributed by atoms with van der Waals surface area (Å²) in [6.45, 7) is 1.94. The normalized spacial score (nSPS) is 22.0. The van der Waals surface area contributed by atoms with Crippen LogP contribution in [0.3, 0.4) is 0 Å². The molecule has 1 nitrogen and oxygen atoms in total. The second-order valence-electron chi connectivity index (χ2n) is 1.14. The first-order valence-corrected chi connectivity index (χ1v) is 2.03. The van der Waals surface area contributed by atoms with Crippen molar-refractivity contribution in [1.82, 2.24) is 5.32 Å². The highest BCUT2D eigenvalue weighted by atomic mass is 32.1. The Kier molecular flexibility index (Phi) is 0.669. The van der Waals surface area contributed by atoms with E-state index in [0.29, 0.717) is 0 Å². The van der Waals surface area contributed by atoms with E-state index >= 15 is 0 Å². The summed E-state index contributed by atoms with van der Waals surface area (Å²) in [5.41, 5.74) is 0. The molecular formula is C3H5NS. The van der Waals surface area contributed by atoms with Gasteiger partial charge in [0.25, 0.3) is 0 Å². The van der Waals surface area contributed by atoms with Crippen molar-refractivity contribution < 1.29 is 0 Å². The molecule has 0 atom stereocenters. The molecule has 2 heteroatoms. The third-order valence-corrected chi connectivity index (χ3v) is 0.933. The third-order valence-electron chi connectivity index (χ3n) is 0.644. The molecule has 1 saturated heterocycles. The Morgan fingerprint density at radius 3 is 2.00 bits per heavy atom. The molecule has 1 fully saturated rings. The lowest BCUT2D eigenvalue weighted by atomic mass is 10.3. The molecule has 1 heterocycles. The van der Waals surface area contributed by atoms with E-state index < -0.39 is 0 Å². The van der Waals surface area contributed by atoms with E-state index in [1.54, 1.807) is 0 Å². The van der Waals surface area contributed by atoms with Crippen molar-refractivity contribution >= 4 is 17.1 Å². The molecule has 1 N–H and O–H groups in total. The van der Waals surface area contributed by atoms with Crippen LogP contribution in [-0.4, -0.2) is 18.0 Å². The standard InChI is InChI=1S/C3H5NS/c5-3-1-4-2-3/h4H,1-2H2. The first-order valence-electron chi connectivity index (χ1n) is 1.62. The number of hydrogen-bond acceptors (Lipinski definition) is 2. The average molecular weight is 87.1 g/mol. The maximum Gasteiger partial charge on any atom is 0.0285 e. The van der Waals surface area contributed by atoms with E-state index in [1.807, 2.05) is 0 Å². The van der Waals surface area contributed by atoms with Gasteiger partial charge >= 0.3 is 0 Å². The van der Waals surface area contributed by atoms with Crippen molar-refractivity contribution in [3.63, 3.8) is 0 Å². The van der Waals surface area contributed by atoms with Gasteiger partial charge in [0.1, 0.15) is 0 Å². The zero-order valence-corrected chi connectivity index (χ0v) is 3.64. The fourth-order valence-electron chi connectivity index (χ4n) is 0.227. The van der Waals surface area contributed by atoms with Crippen LogP contribution in [0, 0.1) is 0 Å². The lowest BCUT2D eigenvalue weighted by Crippen LogP contribution is -2.40. The monoisotopic (exact) mass is 87.0 g/mol. The van der Waals surface area contributed by atoms with Crippen molar-refractivity contribution in [2.45, 2.75) is 0 Å². The highest BCUT2D eigenvalue weighted by Crippen LogP contribution is 1.81. The van der Waals surface area contributed by atoms with Gasteiger partial charge in [-0.1, -0.05) is 12.2 Å². The predicted octanol–water partition coefficient (Wildman–Crippen LogP) is -0.0405. The van der Waals surface area contributed by atoms with Gasteiger partial charge in [0.15, 0.2) is 0 Å². The van der Waals surface area contributed by atoms with E-state index in [0.717, 1.165) is 18.0 Å². The lowest BCUT2D eigenvalue weighted by Gasteiger charge is -2.12. The predicted molar refractivity (Wildman–Crippen MR) is 25.5 cm³/mol. The van der Waals surface area contributed by atoms with Gasteiger partial charge < -0.3 is 5.32 Å². The van der Waals surface area contributed by atoms with Crippen molar-refractivity contribution in [3.8, 4) is 0 Å². The second kappa shape index (κ2) is 1.03. The van der Waals surface area contributed by atoms with Crippen LogP contribution < -0.4 is 5.32 Å². The Morgan fingerprint density at radius 2 is 2.00 bits per heavy atom. The van der Waals surface area contributed by atoms with Crippen molar-refractivity contribution in [1.29, 1.82) is 0 Å². The van der Waals surface area contributed by atoms with Gasteiger partial charge in [-0.2, -0.15) is 0 Å². The molecule has 0 radical (unpaired) electrons. The molecule has 1 rings (SSSR count). The van der Waals surface area contributed by atoms with Crippen LogP contribution in [0.2, 0.25) is 0 Å². The molecule has 0 aliphatic carbocycles. The van der Waals surface area contributed by atoms with Crippen LogP contribution >= 0.6 is 12.2 Å². The summed E-state index contributed by atoms with van der Waals surface area (Å²) in [4.78, 5) is 1.16. The summed E-state index contributed by atoms with van der Waals surface area (Å²) in [5.74, 6) is 0. The summed E-state index contributed by atoms with van der Waals surface area (Å²) in [6, 6.07) is 0. The molecule has 0 unspecified atom stereocenters. The van der Waals surface area contributed by atoms with Gasteiger partial charge in [0.05, 0.1) is 0 Å². The highest BCUT2D eigenvalue weighted by molar-refractivity contribution is 7.80. The van der Waals surface area contributed by atoms with Crippen molar-refractivity contribution in [2.24, 2.45) is 0 Å². The topological polar surface area (TPSA) is 12.0 Å². The summed E-state index contributed by atoms with van der Waals surface area (Å²) in [5, 5.41) is 3.02. The van der Waals surface area contributed by atoms with Crippen LogP contribution in [0.5, 0.6) is 0 Å². The summed E-state index contributed by atoms with van der Waals surface area (Å²) in [7, 11) is 0. The minimum Gasteiger partial charge on any atom is -0.307 e. The van der Waals surface area contributed by atoms with Gasteiger partial charge in [-0.05, 0) is 0 Å². The van der Waals surface area contributed by atoms with Gasteiger partial charge in [-0.3, -0.25) is 0 Å². The molecule has 0 spiro atoms. The summed E-state index contributed by atoms with van der Waals surface area (Å²) < 4.78 is 0. The first kappa shape index (κ1) is 3.25. The zero-order valence-electron chi connectivity index (χ0n) is 2.82. The summed E-state index contributed by atoms with van der Waals surface area (Å²) >= 11 is 4.72. The maximum absolute atomic E-state index is 4.72. The quantitative estimate of drug-likeness (QED) is 0.416. The van der Waals surface area contributed by atoms with Crippen molar-refractivity contribution in [2.75, 3.05) is 13.1 Å². The lowest BCUT2D eigenvalue weighted by molar-refractivity contribution is 0.807. The summed E-state index contributed by atoms with van der Waals surface area (Å²) in [6.07, 6.45) is 0. The Morgan fingerprint density at radius 1 is 1.60 bits per heavy atom. The van der Waals surface area contributed by atoms with Gasteiger partial charge in [0, 0.05) is 18.0 Å². The van der Waals surface area contributed by atoms with Crippen molar-refractivity contribution in [3.05, 3.63) is 0 Å². The number of thiocarbonyl (C=S) groups is 1. The molecule has 0 bridgehead atoms. The Labute approximate surface area is 36.4 Å². The van der Waals surface area contributed by atoms with Gasteiger partial charge in [-0.15, -0.1) is 0 Å². The Bertz CT molecular complexity index is 53.9. The second-order valence-corrected chi connectivity index (χ2v) is 1.72. The average Bonchev–Trinajstić information content (AvgIpc) is 1.30. The van der Waals surface area contributed by atoms with E-state index in [9.17, 15) is 0 Å². The molecule has 0 saturated carbocycles. The first-order chi connectivity index (χ1) is 2.39. The molecule has 1 aliphatic heterocycles. The minimum absolute atomic E-state index is 0.968. The fraction of sp³-hybridized carbons (Fsp3) is 0.667. The molecule has 1 aliphatic rings. The molecule has 0 aromatic rings. The molecule has 5 heavy (non-hydrogen) atoms. The molecule has 0 aromatic heterocycles. The van der Waals surface area contributed by atoms with E-state index in [1.165, 1.54) is 0 Å². The molecular weight excluding hydrogens is 82.1 g/mol. The van der Waals surface area contributed by atoms with E-state index in [2.05, 4.69) is 5.32 Å². The zero-order chi connectivity index (χ0) is 3.70. The Hall–Kier alpha value is 0.0500. The number of hydrogen-bond donors (Lipinski definition) is 1. The van der Waals surface area contributed by atoms with Gasteiger partial charge in [-0.25, -0.2) is 0 Å². The number of rotatable bonds is 0. The largest absolute Gasteiger partial charge is 0.307 e. The smallest absolute Gasteiger partial charge is 0.0285 e. The van der Waals surface area contributed by atoms with Gasteiger partial charge in [0.2, 0.25) is 0 Å². The SMILES string of the molecule is S=C1CNC1. The molecule has 0 aromatic carbocycles. The van der Waals surface area contributed by atoms with E-state index in [-0.39, 0.29) is 0 Å². The van der Waals surface area contributed by atoms with Crippen LogP contribution in [0.4, 0.5) is 0 Å². The Balaban J connectivity index is 2.32. The third kappa shape index (κ3) is 0.465. The minimum atomic E-state index is 0.968. The number of nitrogens with one attached hydrogen (secondary N) is 1. The molecule has 0 amide bonds. The van der Waals surface area contributed by atoms with Crippen LogP contribution in [0.1, 0.15) is 0 Å². The highest BCUT2D eigenvalue weighted by Gasteiger charge is 2.02. The van der Waals surface area contributed by atoms with Crippen LogP contribution in [-0.2, 0) is 0 Å². The van der Waals surface area contributed by atoms with Crippen LogP contribution in [0.15, 0.2) is 0 Å².